The molecule has 21 heavy (non-hydrogen) atoms. The summed E-state index contributed by atoms with van der Waals surface area (Å²) in [5, 5.41) is 2.93. The number of benzene rings is 1. The van der Waals surface area contributed by atoms with Gasteiger partial charge in [-0.1, -0.05) is 11.6 Å². The smallest absolute Gasteiger partial charge is 0.339 e. The summed E-state index contributed by atoms with van der Waals surface area (Å²) in [4.78, 5) is 23.5. The number of amides is 1. The predicted molar refractivity (Wildman–Crippen MR) is 78.4 cm³/mol. The lowest BCUT2D eigenvalue weighted by Crippen LogP contribution is -2.29. The molecule has 114 valence electrons. The Kier molecular flexibility index (Phi) is 5.17. The summed E-state index contributed by atoms with van der Waals surface area (Å²) in [6.45, 7) is 0.406. The third-order valence-electron chi connectivity index (χ3n) is 3.30. The number of nitrogens with one attached hydrogen (secondary N) is 1. The lowest BCUT2D eigenvalue weighted by Gasteiger charge is -2.13. The summed E-state index contributed by atoms with van der Waals surface area (Å²) < 4.78 is 10.1. The van der Waals surface area contributed by atoms with E-state index in [0.29, 0.717) is 18.7 Å². The van der Waals surface area contributed by atoms with Gasteiger partial charge in [-0.3, -0.25) is 4.79 Å². The van der Waals surface area contributed by atoms with Crippen LogP contribution >= 0.6 is 11.6 Å². The maximum absolute atomic E-state index is 12.1. The normalized spacial score (nSPS) is 21.1. The lowest BCUT2D eigenvalue weighted by atomic mass is 10.1. The van der Waals surface area contributed by atoms with E-state index >= 15 is 0 Å². The summed E-state index contributed by atoms with van der Waals surface area (Å²) in [5.74, 6) is -0.768. The number of carbonyl (C=O) groups is 2. The molecule has 6 nitrogen and oxygen atoms in total. The minimum atomic E-state index is -0.525. The molecule has 0 aliphatic carbocycles. The Hall–Kier alpha value is -1.63. The molecule has 1 aliphatic heterocycles. The molecule has 1 saturated heterocycles. The molecule has 1 aromatic rings. The zero-order chi connectivity index (χ0) is 15.4. The molecule has 0 saturated carbocycles. The summed E-state index contributed by atoms with van der Waals surface area (Å²) in [7, 11) is 1.28. The molecule has 1 aliphatic rings. The second-order valence-corrected chi connectivity index (χ2v) is 5.14. The summed E-state index contributed by atoms with van der Waals surface area (Å²) >= 11 is 5.99. The highest BCUT2D eigenvalue weighted by atomic mass is 35.5. The van der Waals surface area contributed by atoms with Crippen LogP contribution in [0.1, 0.15) is 23.2 Å². The van der Waals surface area contributed by atoms with Crippen LogP contribution in [0.2, 0.25) is 5.02 Å². The van der Waals surface area contributed by atoms with E-state index in [0.717, 1.165) is 6.42 Å². The average molecular weight is 313 g/mol. The van der Waals surface area contributed by atoms with Crippen molar-refractivity contribution in [2.75, 3.05) is 19.0 Å². The maximum Gasteiger partial charge on any atom is 0.339 e. The first-order chi connectivity index (χ1) is 10.0. The highest BCUT2D eigenvalue weighted by Gasteiger charge is 2.29. The second kappa shape index (κ2) is 6.89. The Balaban J connectivity index is 2.02. The zero-order valence-electron chi connectivity index (χ0n) is 11.6. The van der Waals surface area contributed by atoms with Gasteiger partial charge in [-0.15, -0.1) is 0 Å². The van der Waals surface area contributed by atoms with Gasteiger partial charge >= 0.3 is 5.97 Å². The minimum Gasteiger partial charge on any atom is -0.465 e. The summed E-state index contributed by atoms with van der Waals surface area (Å²) in [6.07, 6.45) is 0.849. The standard InChI is InChI=1S/C14H17ClN2O4/c1-20-14(19)10-4-2-8(6-11(10)15)17-13(18)12-5-3-9(7-16)21-12/h2,4,6,9,12H,3,5,7,16H2,1H3,(H,17,18)/t9-,12+/m1/s1. The van der Waals surface area contributed by atoms with Crippen LogP contribution in [0.5, 0.6) is 0 Å². The van der Waals surface area contributed by atoms with Crippen LogP contribution in [0.3, 0.4) is 0 Å². The van der Waals surface area contributed by atoms with Crippen LogP contribution in [0.25, 0.3) is 0 Å². The molecule has 0 aromatic heterocycles. The molecule has 0 bridgehead atoms. The number of ether oxygens (including phenoxy) is 2. The van der Waals surface area contributed by atoms with Crippen molar-refractivity contribution in [1.29, 1.82) is 0 Å². The Labute approximate surface area is 127 Å². The van der Waals surface area contributed by atoms with Gasteiger partial charge in [-0.25, -0.2) is 4.79 Å². The van der Waals surface area contributed by atoms with E-state index in [4.69, 9.17) is 22.1 Å². The van der Waals surface area contributed by atoms with E-state index in [1.807, 2.05) is 0 Å². The largest absolute Gasteiger partial charge is 0.465 e. The number of hydrogen-bond donors (Lipinski definition) is 2. The third-order valence-corrected chi connectivity index (χ3v) is 3.62. The number of hydrogen-bond acceptors (Lipinski definition) is 5. The van der Waals surface area contributed by atoms with Crippen molar-refractivity contribution < 1.29 is 19.1 Å². The number of methoxy groups -OCH3 is 1. The monoisotopic (exact) mass is 312 g/mol. The van der Waals surface area contributed by atoms with E-state index in [2.05, 4.69) is 10.1 Å². The summed E-state index contributed by atoms with van der Waals surface area (Å²) in [6, 6.07) is 4.59. The third kappa shape index (κ3) is 3.72. The Morgan fingerprint density at radius 2 is 2.24 bits per heavy atom. The van der Waals surface area contributed by atoms with Gasteiger partial charge in [0.1, 0.15) is 6.10 Å². The van der Waals surface area contributed by atoms with Crippen molar-refractivity contribution in [3.05, 3.63) is 28.8 Å². The van der Waals surface area contributed by atoms with Gasteiger partial charge < -0.3 is 20.5 Å². The van der Waals surface area contributed by atoms with E-state index in [1.165, 1.54) is 19.2 Å². The number of carbonyl (C=O) groups excluding carboxylic acids is 2. The molecular formula is C14H17ClN2O4. The number of anilines is 1. The molecule has 1 amide bonds. The highest BCUT2D eigenvalue weighted by molar-refractivity contribution is 6.34. The van der Waals surface area contributed by atoms with Crippen molar-refractivity contribution in [2.45, 2.75) is 25.0 Å². The minimum absolute atomic E-state index is 0.0639. The Morgan fingerprint density at radius 3 is 2.81 bits per heavy atom. The number of halogens is 1. The molecule has 3 N–H and O–H groups in total. The molecule has 1 aromatic carbocycles. The van der Waals surface area contributed by atoms with E-state index in [1.54, 1.807) is 6.07 Å². The Morgan fingerprint density at radius 1 is 1.48 bits per heavy atom. The number of esters is 1. The van der Waals surface area contributed by atoms with Crippen LogP contribution in [-0.4, -0.2) is 37.7 Å². The van der Waals surface area contributed by atoms with Crippen LogP contribution in [0, 0.1) is 0 Å². The van der Waals surface area contributed by atoms with Crippen LogP contribution in [0.4, 0.5) is 5.69 Å². The first kappa shape index (κ1) is 15.8. The average Bonchev–Trinajstić information content (AvgIpc) is 2.95. The zero-order valence-corrected chi connectivity index (χ0v) is 12.4. The molecule has 7 heteroatoms. The fraction of sp³-hybridized carbons (Fsp3) is 0.429. The summed E-state index contributed by atoms with van der Waals surface area (Å²) in [5.41, 5.74) is 6.25. The fourth-order valence-electron chi connectivity index (χ4n) is 2.16. The first-order valence-corrected chi connectivity index (χ1v) is 6.97. The molecule has 2 rings (SSSR count). The van der Waals surface area contributed by atoms with Crippen LogP contribution in [-0.2, 0) is 14.3 Å². The fourth-order valence-corrected chi connectivity index (χ4v) is 2.42. The lowest BCUT2D eigenvalue weighted by molar-refractivity contribution is -0.126. The van der Waals surface area contributed by atoms with E-state index < -0.39 is 12.1 Å². The van der Waals surface area contributed by atoms with Gasteiger partial charge in [0.2, 0.25) is 0 Å². The van der Waals surface area contributed by atoms with Gasteiger partial charge in [0.25, 0.3) is 5.91 Å². The Bertz CT molecular complexity index is 550. The van der Waals surface area contributed by atoms with Crippen molar-refractivity contribution in [3.63, 3.8) is 0 Å². The van der Waals surface area contributed by atoms with E-state index in [9.17, 15) is 9.59 Å². The number of rotatable bonds is 4. The van der Waals surface area contributed by atoms with Crippen molar-refractivity contribution in [2.24, 2.45) is 5.73 Å². The van der Waals surface area contributed by atoms with Gasteiger partial charge in [-0.2, -0.15) is 0 Å². The highest BCUT2D eigenvalue weighted by Crippen LogP contribution is 2.24. The molecule has 0 unspecified atom stereocenters. The molecule has 1 heterocycles. The first-order valence-electron chi connectivity index (χ1n) is 6.59. The molecule has 2 atom stereocenters. The van der Waals surface area contributed by atoms with Gasteiger partial charge in [0.15, 0.2) is 0 Å². The van der Waals surface area contributed by atoms with Crippen molar-refractivity contribution >= 4 is 29.2 Å². The van der Waals surface area contributed by atoms with Crippen LogP contribution < -0.4 is 11.1 Å². The molecule has 0 radical (unpaired) electrons. The molecule has 1 fully saturated rings. The topological polar surface area (TPSA) is 90.7 Å². The molecular weight excluding hydrogens is 296 g/mol. The maximum atomic E-state index is 12.1. The van der Waals surface area contributed by atoms with Gasteiger partial charge in [0.05, 0.1) is 23.8 Å². The van der Waals surface area contributed by atoms with Crippen LogP contribution in [0.15, 0.2) is 18.2 Å². The van der Waals surface area contributed by atoms with Crippen molar-refractivity contribution in [1.82, 2.24) is 0 Å². The van der Waals surface area contributed by atoms with Gasteiger partial charge in [0, 0.05) is 12.2 Å². The van der Waals surface area contributed by atoms with E-state index in [-0.39, 0.29) is 22.6 Å². The number of nitrogens with two attached hydrogens (primary N) is 1. The quantitative estimate of drug-likeness (QED) is 0.824. The SMILES string of the molecule is COC(=O)c1ccc(NC(=O)[C@@H]2CC[C@H](CN)O2)cc1Cl. The second-order valence-electron chi connectivity index (χ2n) is 4.74. The predicted octanol–water partition coefficient (Wildman–Crippen LogP) is 1.57. The molecule has 0 spiro atoms. The van der Waals surface area contributed by atoms with Crippen molar-refractivity contribution in [3.8, 4) is 0 Å². The van der Waals surface area contributed by atoms with Gasteiger partial charge in [-0.05, 0) is 31.0 Å².